The molecule has 0 aromatic heterocycles. The number of hydrogen-bond acceptors (Lipinski definition) is 7. The van der Waals surface area contributed by atoms with Crippen LogP contribution in [0.1, 0.15) is 12.8 Å². The quantitative estimate of drug-likeness (QED) is 0.431. The van der Waals surface area contributed by atoms with Gasteiger partial charge in [-0.1, -0.05) is 0 Å². The molecule has 0 aromatic carbocycles. The van der Waals surface area contributed by atoms with Crippen molar-refractivity contribution >= 4 is 23.5 Å². The van der Waals surface area contributed by atoms with E-state index in [0.717, 1.165) is 21.3 Å². The lowest BCUT2D eigenvalue weighted by Crippen LogP contribution is -2.35. The van der Waals surface area contributed by atoms with Gasteiger partial charge in [0, 0.05) is 7.11 Å². The summed E-state index contributed by atoms with van der Waals surface area (Å²) >= 11 is 0. The van der Waals surface area contributed by atoms with E-state index in [9.17, 15) is 19.2 Å². The molecule has 0 bridgehead atoms. The highest BCUT2D eigenvalue weighted by atomic mass is 16.5. The third-order valence-corrected chi connectivity index (χ3v) is 1.91. The van der Waals surface area contributed by atoms with Crippen molar-refractivity contribution in [2.45, 2.75) is 18.9 Å². The lowest BCUT2D eigenvalue weighted by atomic mass is 10.1. The predicted molar refractivity (Wildman–Crippen MR) is 54.1 cm³/mol. The zero-order chi connectivity index (χ0) is 13.4. The highest BCUT2D eigenvalue weighted by Gasteiger charge is 2.29. The van der Waals surface area contributed by atoms with Crippen molar-refractivity contribution in [2.24, 2.45) is 0 Å². The minimum absolute atomic E-state index is 0.581. The van der Waals surface area contributed by atoms with E-state index in [1.165, 1.54) is 0 Å². The Bertz CT molecular complexity index is 291. The summed E-state index contributed by atoms with van der Waals surface area (Å²) in [6.45, 7) is 0. The van der Waals surface area contributed by atoms with E-state index in [0.29, 0.717) is 0 Å². The summed E-state index contributed by atoms with van der Waals surface area (Å²) in [4.78, 5) is 44.6. The molecule has 17 heavy (non-hydrogen) atoms. The Morgan fingerprint density at radius 3 is 1.41 bits per heavy atom. The normalized spacial score (nSPS) is 9.88. The second-order valence-electron chi connectivity index (χ2n) is 3.05. The third kappa shape index (κ3) is 5.21. The molecule has 0 aliphatic rings. The molecule has 0 amide bonds. The van der Waals surface area contributed by atoms with Crippen molar-refractivity contribution in [3.63, 3.8) is 0 Å². The van der Waals surface area contributed by atoms with Crippen molar-refractivity contribution in [2.75, 3.05) is 21.3 Å². The Balaban J connectivity index is 4.50. The molecule has 0 aromatic rings. The minimum Gasteiger partial charge on any atom is -0.469 e. The fourth-order valence-corrected chi connectivity index (χ4v) is 1.06. The summed E-state index contributed by atoms with van der Waals surface area (Å²) in [6.07, 6.45) is -2.61. The molecule has 96 valence electrons. The lowest BCUT2D eigenvalue weighted by molar-refractivity contribution is -0.150. The molecule has 0 aliphatic carbocycles. The first-order valence-electron chi connectivity index (χ1n) is 4.68. The second kappa shape index (κ2) is 7.50. The maximum atomic E-state index is 11.5. The van der Waals surface area contributed by atoms with Crippen molar-refractivity contribution in [3.8, 4) is 0 Å². The van der Waals surface area contributed by atoms with Gasteiger partial charge in [0.05, 0.1) is 14.2 Å². The van der Waals surface area contributed by atoms with Gasteiger partial charge < -0.3 is 14.2 Å². The largest absolute Gasteiger partial charge is 0.469 e. The average Bonchev–Trinajstić information content (AvgIpc) is 2.29. The molecule has 0 rings (SSSR count). The minimum atomic E-state index is -1.45. The topological polar surface area (TPSA) is 96.0 Å². The van der Waals surface area contributed by atoms with Crippen LogP contribution in [0.2, 0.25) is 0 Å². The van der Waals surface area contributed by atoms with Gasteiger partial charge in [-0.15, -0.1) is 0 Å². The molecule has 0 saturated heterocycles. The number of ether oxygens (including phenoxy) is 3. The highest BCUT2D eigenvalue weighted by Crippen LogP contribution is 2.03. The van der Waals surface area contributed by atoms with E-state index >= 15 is 0 Å². The second-order valence-corrected chi connectivity index (χ2v) is 3.05. The van der Waals surface area contributed by atoms with Crippen molar-refractivity contribution in [3.05, 3.63) is 0 Å². The molecule has 7 nitrogen and oxygen atoms in total. The van der Waals surface area contributed by atoms with Gasteiger partial charge in [0.2, 0.25) is 0 Å². The summed E-state index contributed by atoms with van der Waals surface area (Å²) in [6, 6.07) is 0. The Morgan fingerprint density at radius 1 is 0.824 bits per heavy atom. The van der Waals surface area contributed by atoms with Crippen LogP contribution in [-0.4, -0.2) is 50.9 Å². The fourth-order valence-electron chi connectivity index (χ4n) is 1.06. The van der Waals surface area contributed by atoms with E-state index in [1.54, 1.807) is 0 Å². The van der Waals surface area contributed by atoms with E-state index < -0.39 is 42.5 Å². The van der Waals surface area contributed by atoms with Gasteiger partial charge in [0.15, 0.2) is 17.7 Å². The van der Waals surface area contributed by atoms with E-state index in [4.69, 9.17) is 0 Å². The monoisotopic (exact) mass is 246 g/mol. The van der Waals surface area contributed by atoms with Gasteiger partial charge in [0.1, 0.15) is 12.8 Å². The van der Waals surface area contributed by atoms with Crippen molar-refractivity contribution in [1.82, 2.24) is 0 Å². The molecular formula is C10H14O7. The molecule has 0 radical (unpaired) electrons. The molecule has 0 atom stereocenters. The highest BCUT2D eigenvalue weighted by molar-refractivity contribution is 6.13. The molecule has 0 aliphatic heterocycles. The first-order valence-corrected chi connectivity index (χ1v) is 4.68. The van der Waals surface area contributed by atoms with E-state index in [1.807, 2.05) is 0 Å². The smallest absolute Gasteiger partial charge is 0.313 e. The lowest BCUT2D eigenvalue weighted by Gasteiger charge is -2.11. The van der Waals surface area contributed by atoms with E-state index in [2.05, 4.69) is 14.2 Å². The maximum absolute atomic E-state index is 11.5. The fraction of sp³-hybridized carbons (Fsp3) is 0.600. The molecule has 0 saturated carbocycles. The summed E-state index contributed by atoms with van der Waals surface area (Å²) < 4.78 is 13.2. The summed E-state index contributed by atoms with van der Waals surface area (Å²) in [5, 5.41) is 0. The van der Waals surface area contributed by atoms with Crippen LogP contribution in [0.3, 0.4) is 0 Å². The van der Waals surface area contributed by atoms with Gasteiger partial charge in [-0.25, -0.2) is 0 Å². The summed E-state index contributed by atoms with van der Waals surface area (Å²) in [7, 11) is 3.37. The number of hydrogen-bond donors (Lipinski definition) is 0. The molecule has 0 heterocycles. The van der Waals surface area contributed by atoms with Gasteiger partial charge in [0.25, 0.3) is 0 Å². The van der Waals surface area contributed by atoms with Crippen LogP contribution in [0.15, 0.2) is 0 Å². The zero-order valence-electron chi connectivity index (χ0n) is 9.85. The summed E-state index contributed by atoms with van der Waals surface area (Å²) in [5.74, 6) is -3.06. The first-order chi connectivity index (χ1) is 7.96. The van der Waals surface area contributed by atoms with Crippen LogP contribution in [0.25, 0.3) is 0 Å². The molecule has 0 N–H and O–H groups in total. The number of Topliss-reactive ketones (excluding diaryl/α,β-unsaturated/α-hetero) is 2. The average molecular weight is 246 g/mol. The SMILES string of the molecule is COC(=O)CC(=O)C(OC)C(=O)CC(=O)OC. The number of methoxy groups -OCH3 is 3. The third-order valence-electron chi connectivity index (χ3n) is 1.91. The number of rotatable bonds is 7. The number of ketones is 2. The predicted octanol–water partition coefficient (Wildman–Crippen LogP) is -0.734. The first kappa shape index (κ1) is 15.2. The summed E-state index contributed by atoms with van der Waals surface area (Å²) in [5.41, 5.74) is 0. The van der Waals surface area contributed by atoms with Gasteiger partial charge >= 0.3 is 11.9 Å². The Morgan fingerprint density at radius 2 is 1.18 bits per heavy atom. The van der Waals surface area contributed by atoms with Crippen LogP contribution in [0.4, 0.5) is 0 Å². The Kier molecular flexibility index (Phi) is 6.73. The van der Waals surface area contributed by atoms with Crippen LogP contribution < -0.4 is 0 Å². The zero-order valence-corrected chi connectivity index (χ0v) is 9.85. The van der Waals surface area contributed by atoms with Gasteiger partial charge in [-0.2, -0.15) is 0 Å². The maximum Gasteiger partial charge on any atom is 0.313 e. The molecule has 7 heteroatoms. The molecular weight excluding hydrogens is 232 g/mol. The Labute approximate surface area is 98.0 Å². The van der Waals surface area contributed by atoms with Crippen LogP contribution >= 0.6 is 0 Å². The van der Waals surface area contributed by atoms with E-state index in [-0.39, 0.29) is 0 Å². The molecule has 0 fully saturated rings. The molecule has 0 spiro atoms. The van der Waals surface area contributed by atoms with Crippen LogP contribution in [-0.2, 0) is 33.4 Å². The number of carbonyl (C=O) groups excluding carboxylic acids is 4. The Hall–Kier alpha value is -1.76. The van der Waals surface area contributed by atoms with Crippen LogP contribution in [0, 0.1) is 0 Å². The van der Waals surface area contributed by atoms with Crippen molar-refractivity contribution in [1.29, 1.82) is 0 Å². The van der Waals surface area contributed by atoms with Crippen LogP contribution in [0.5, 0.6) is 0 Å². The van der Waals surface area contributed by atoms with Gasteiger partial charge in [-0.05, 0) is 0 Å². The standard InChI is InChI=1S/C10H14O7/c1-15-8(13)4-6(11)10(17-3)7(12)5-9(14)16-2/h10H,4-5H2,1-3H3. The molecule has 0 unspecified atom stereocenters. The van der Waals surface area contributed by atoms with Crippen molar-refractivity contribution < 1.29 is 33.4 Å². The number of carbonyl (C=O) groups is 4. The number of esters is 2. The van der Waals surface area contributed by atoms with Gasteiger partial charge in [-0.3, -0.25) is 19.2 Å².